The van der Waals surface area contributed by atoms with E-state index in [9.17, 15) is 0 Å². The Morgan fingerprint density at radius 1 is 0.595 bits per heavy atom. The molecular weight excluding hydrogens is 510 g/mol. The van der Waals surface area contributed by atoms with Gasteiger partial charge in [-0.3, -0.25) is 0 Å². The second kappa shape index (κ2) is 8.71. The smallest absolute Gasteiger partial charge is 0.159 e. The normalized spacial score (nSPS) is 13.4. The monoisotopic (exact) mass is 539 g/mol. The SMILES string of the molecule is Cc1ccccc1-c1ccc(C2=Cc3c(oc4c5[nH]c6c7ccccc7ccc6c5c5ccccc5c34)CC2)cc1C. The fourth-order valence-electron chi connectivity index (χ4n) is 7.34. The lowest BCUT2D eigenvalue weighted by atomic mass is 9.88. The predicted molar refractivity (Wildman–Crippen MR) is 178 cm³/mol. The van der Waals surface area contributed by atoms with E-state index >= 15 is 0 Å². The molecule has 0 fully saturated rings. The molecule has 1 N–H and O–H groups in total. The molecule has 9 rings (SSSR count). The minimum absolute atomic E-state index is 0.896. The topological polar surface area (TPSA) is 28.9 Å². The van der Waals surface area contributed by atoms with Gasteiger partial charge in [-0.1, -0.05) is 103 Å². The van der Waals surface area contributed by atoms with Gasteiger partial charge in [-0.25, -0.2) is 0 Å². The molecule has 1 aliphatic rings. The molecule has 0 atom stereocenters. The fourth-order valence-corrected chi connectivity index (χ4v) is 7.34. The average molecular weight is 540 g/mol. The first-order valence-corrected chi connectivity index (χ1v) is 14.8. The van der Waals surface area contributed by atoms with Crippen molar-refractivity contribution in [1.82, 2.24) is 4.98 Å². The molecule has 42 heavy (non-hydrogen) atoms. The zero-order valence-electron chi connectivity index (χ0n) is 23.7. The number of nitrogens with one attached hydrogen (secondary N) is 1. The molecule has 0 spiro atoms. The Kier molecular flexibility index (Phi) is 4.90. The Labute approximate surface area is 243 Å². The highest BCUT2D eigenvalue weighted by Crippen LogP contribution is 2.46. The van der Waals surface area contributed by atoms with Crippen LogP contribution in [-0.2, 0) is 6.42 Å². The summed E-state index contributed by atoms with van der Waals surface area (Å²) in [6.07, 6.45) is 4.25. The number of benzene rings is 6. The second-order valence-electron chi connectivity index (χ2n) is 11.8. The average Bonchev–Trinajstić information content (AvgIpc) is 3.61. The highest BCUT2D eigenvalue weighted by atomic mass is 16.3. The molecule has 2 heteroatoms. The highest BCUT2D eigenvalue weighted by molar-refractivity contribution is 6.33. The number of aromatic nitrogens is 1. The second-order valence-corrected chi connectivity index (χ2v) is 11.8. The Morgan fingerprint density at radius 3 is 2.17 bits per heavy atom. The van der Waals surface area contributed by atoms with E-state index in [0.29, 0.717) is 0 Å². The van der Waals surface area contributed by atoms with Crippen LogP contribution in [0.1, 0.15) is 34.4 Å². The van der Waals surface area contributed by atoms with E-state index in [4.69, 9.17) is 4.42 Å². The Balaban J connectivity index is 1.28. The fraction of sp³-hybridized carbons (Fsp3) is 0.100. The van der Waals surface area contributed by atoms with E-state index < -0.39 is 0 Å². The van der Waals surface area contributed by atoms with Crippen molar-refractivity contribution in [3.8, 4) is 11.1 Å². The van der Waals surface area contributed by atoms with Gasteiger partial charge in [-0.05, 0) is 75.9 Å². The molecule has 2 nitrogen and oxygen atoms in total. The molecule has 0 saturated carbocycles. The van der Waals surface area contributed by atoms with Gasteiger partial charge in [0.25, 0.3) is 0 Å². The van der Waals surface area contributed by atoms with Gasteiger partial charge >= 0.3 is 0 Å². The lowest BCUT2D eigenvalue weighted by Gasteiger charge is -2.16. The van der Waals surface area contributed by atoms with Crippen LogP contribution in [0.15, 0.2) is 108 Å². The Bertz CT molecular complexity index is 2430. The first kappa shape index (κ1) is 23.6. The molecule has 8 aromatic rings. The maximum Gasteiger partial charge on any atom is 0.159 e. The highest BCUT2D eigenvalue weighted by Gasteiger charge is 2.25. The van der Waals surface area contributed by atoms with Gasteiger partial charge in [0.2, 0.25) is 0 Å². The lowest BCUT2D eigenvalue weighted by molar-refractivity contribution is 0.550. The number of H-pyrrole nitrogens is 1. The molecule has 200 valence electrons. The van der Waals surface area contributed by atoms with Crippen molar-refractivity contribution in [2.75, 3.05) is 0 Å². The van der Waals surface area contributed by atoms with Crippen LogP contribution >= 0.6 is 0 Å². The van der Waals surface area contributed by atoms with Crippen LogP contribution in [0.25, 0.3) is 77.1 Å². The number of hydrogen-bond donors (Lipinski definition) is 1. The van der Waals surface area contributed by atoms with E-state index in [1.54, 1.807) is 0 Å². The summed E-state index contributed by atoms with van der Waals surface area (Å²) >= 11 is 0. The quantitative estimate of drug-likeness (QED) is 0.233. The van der Waals surface area contributed by atoms with Gasteiger partial charge in [0.05, 0.1) is 11.0 Å². The minimum Gasteiger partial charge on any atom is -0.458 e. The molecule has 2 heterocycles. The predicted octanol–water partition coefficient (Wildman–Crippen LogP) is 11.1. The van der Waals surface area contributed by atoms with Crippen molar-refractivity contribution < 1.29 is 4.42 Å². The summed E-state index contributed by atoms with van der Waals surface area (Å²) in [6.45, 7) is 4.42. The Morgan fingerprint density at radius 2 is 1.33 bits per heavy atom. The van der Waals surface area contributed by atoms with Crippen LogP contribution in [-0.4, -0.2) is 4.98 Å². The zero-order chi connectivity index (χ0) is 27.9. The molecule has 0 unspecified atom stereocenters. The van der Waals surface area contributed by atoms with Crippen LogP contribution in [0.5, 0.6) is 0 Å². The van der Waals surface area contributed by atoms with Crippen molar-refractivity contribution in [3.05, 3.63) is 131 Å². The molecule has 0 saturated heterocycles. The van der Waals surface area contributed by atoms with Crippen LogP contribution in [0.2, 0.25) is 0 Å². The maximum atomic E-state index is 6.78. The van der Waals surface area contributed by atoms with Crippen LogP contribution in [0, 0.1) is 13.8 Å². The van der Waals surface area contributed by atoms with Crippen LogP contribution in [0.4, 0.5) is 0 Å². The number of allylic oxidation sites excluding steroid dienone is 1. The van der Waals surface area contributed by atoms with Gasteiger partial charge in [0.1, 0.15) is 5.76 Å². The van der Waals surface area contributed by atoms with Crippen LogP contribution < -0.4 is 0 Å². The zero-order valence-corrected chi connectivity index (χ0v) is 23.7. The van der Waals surface area contributed by atoms with E-state index in [1.165, 1.54) is 82.2 Å². The summed E-state index contributed by atoms with van der Waals surface area (Å²) in [7, 11) is 0. The summed E-state index contributed by atoms with van der Waals surface area (Å²) in [5, 5.41) is 8.72. The molecule has 0 bridgehead atoms. The van der Waals surface area contributed by atoms with E-state index in [0.717, 1.165) is 29.7 Å². The molecule has 6 aromatic carbocycles. The third-order valence-electron chi connectivity index (χ3n) is 9.39. The Hall–Kier alpha value is -5.08. The number of furan rings is 1. The molecule has 1 aliphatic carbocycles. The van der Waals surface area contributed by atoms with Gasteiger partial charge in [-0.2, -0.15) is 0 Å². The van der Waals surface area contributed by atoms with Gasteiger partial charge in [0, 0.05) is 33.5 Å². The van der Waals surface area contributed by atoms with E-state index in [1.807, 2.05) is 0 Å². The third kappa shape index (κ3) is 3.27. The van der Waals surface area contributed by atoms with Gasteiger partial charge < -0.3 is 9.40 Å². The molecule has 2 aromatic heterocycles. The van der Waals surface area contributed by atoms with Crippen molar-refractivity contribution in [2.24, 2.45) is 0 Å². The summed E-state index contributed by atoms with van der Waals surface area (Å²) in [5.74, 6) is 1.09. The van der Waals surface area contributed by atoms with Gasteiger partial charge in [-0.15, -0.1) is 0 Å². The van der Waals surface area contributed by atoms with E-state index in [2.05, 4.69) is 128 Å². The number of hydrogen-bond acceptors (Lipinski definition) is 1. The standard InChI is InChI=1S/C40H29NO/c1-23-9-3-5-11-28(23)29-18-16-26(21-24(29)2)27-17-20-35-34(22-27)37-32-14-8-7-13-31(32)36-33-19-15-25-10-4-6-12-30(25)38(33)41-39(36)40(37)42-35/h3-16,18-19,21-22,41H,17,20H2,1-2H3. The van der Waals surface area contributed by atoms with Crippen molar-refractivity contribution in [3.63, 3.8) is 0 Å². The summed E-state index contributed by atoms with van der Waals surface area (Å²) < 4.78 is 6.78. The summed E-state index contributed by atoms with van der Waals surface area (Å²) in [5.41, 5.74) is 12.4. The first-order valence-electron chi connectivity index (χ1n) is 14.8. The lowest BCUT2D eigenvalue weighted by Crippen LogP contribution is -1.97. The number of rotatable bonds is 2. The summed E-state index contributed by atoms with van der Waals surface area (Å²) in [6, 6.07) is 37.5. The maximum absolute atomic E-state index is 6.78. The molecular formula is C40H29NO. The number of aryl methyl sites for hydroxylation is 3. The van der Waals surface area contributed by atoms with Crippen molar-refractivity contribution >= 4 is 66.0 Å². The van der Waals surface area contributed by atoms with Crippen molar-refractivity contribution in [1.29, 1.82) is 0 Å². The molecule has 0 amide bonds. The number of fused-ring (bicyclic) bond motifs is 12. The van der Waals surface area contributed by atoms with E-state index in [-0.39, 0.29) is 0 Å². The molecule has 0 aliphatic heterocycles. The third-order valence-corrected chi connectivity index (χ3v) is 9.39. The van der Waals surface area contributed by atoms with Gasteiger partial charge in [0.15, 0.2) is 5.58 Å². The van der Waals surface area contributed by atoms with Crippen LogP contribution in [0.3, 0.4) is 0 Å². The summed E-state index contributed by atoms with van der Waals surface area (Å²) in [4.78, 5) is 3.83. The molecule has 0 radical (unpaired) electrons. The largest absolute Gasteiger partial charge is 0.458 e. The minimum atomic E-state index is 0.896. The number of aromatic amines is 1. The first-order chi connectivity index (χ1) is 20.7. The van der Waals surface area contributed by atoms with Crippen molar-refractivity contribution in [2.45, 2.75) is 26.7 Å².